The first kappa shape index (κ1) is 18.4. The van der Waals surface area contributed by atoms with Crippen molar-refractivity contribution in [3.63, 3.8) is 0 Å². The second-order valence-electron chi connectivity index (χ2n) is 5.80. The molecule has 1 aromatic carbocycles. The van der Waals surface area contributed by atoms with E-state index in [0.717, 1.165) is 35.2 Å². The van der Waals surface area contributed by atoms with E-state index in [-0.39, 0.29) is 5.91 Å². The smallest absolute Gasteiger partial charge is 0.258 e. The maximum Gasteiger partial charge on any atom is 0.258 e. The highest BCUT2D eigenvalue weighted by Gasteiger charge is 2.08. The Bertz CT molecular complexity index is 688. The van der Waals surface area contributed by atoms with Crippen molar-refractivity contribution in [3.05, 3.63) is 46.2 Å². The Balaban J connectivity index is 1.89. The van der Waals surface area contributed by atoms with E-state index in [9.17, 15) is 4.79 Å². The molecule has 0 aliphatic heterocycles. The van der Waals surface area contributed by atoms with Gasteiger partial charge in [-0.05, 0) is 51.7 Å². The van der Waals surface area contributed by atoms with Crippen molar-refractivity contribution < 1.29 is 4.79 Å². The summed E-state index contributed by atoms with van der Waals surface area (Å²) in [7, 11) is 4.08. The molecule has 0 bridgehead atoms. The molecule has 2 aromatic rings. The molecule has 0 saturated heterocycles. The molecule has 24 heavy (non-hydrogen) atoms. The molecule has 0 saturated carbocycles. The summed E-state index contributed by atoms with van der Waals surface area (Å²) in [5.74, 6) is 0.299. The fraction of sp³-hybridized carbons (Fsp3) is 0.353. The Kier molecular flexibility index (Phi) is 6.69. The zero-order chi connectivity index (χ0) is 17.5. The third-order valence-electron chi connectivity index (χ3n) is 3.41. The van der Waals surface area contributed by atoms with Gasteiger partial charge in [-0.3, -0.25) is 4.79 Å². The molecule has 0 aliphatic carbocycles. The minimum absolute atomic E-state index is 0.232. The van der Waals surface area contributed by atoms with Gasteiger partial charge < -0.3 is 15.5 Å². The number of aromatic nitrogens is 2. The van der Waals surface area contributed by atoms with Crippen LogP contribution < -0.4 is 10.6 Å². The lowest BCUT2D eigenvalue weighted by Gasteiger charge is -2.10. The molecule has 6 nitrogen and oxygen atoms in total. The van der Waals surface area contributed by atoms with Gasteiger partial charge in [0.05, 0.1) is 5.56 Å². The van der Waals surface area contributed by atoms with Crippen LogP contribution in [0.25, 0.3) is 0 Å². The second kappa shape index (κ2) is 8.75. The molecule has 7 heteroatoms. The van der Waals surface area contributed by atoms with Crippen molar-refractivity contribution in [2.24, 2.45) is 0 Å². The molecule has 2 N–H and O–H groups in total. The van der Waals surface area contributed by atoms with E-state index >= 15 is 0 Å². The summed E-state index contributed by atoms with van der Waals surface area (Å²) in [5.41, 5.74) is 2.26. The third kappa shape index (κ3) is 5.58. The van der Waals surface area contributed by atoms with E-state index in [4.69, 9.17) is 0 Å². The first-order chi connectivity index (χ1) is 11.5. The normalized spacial score (nSPS) is 10.7. The number of anilines is 2. The number of halogens is 1. The van der Waals surface area contributed by atoms with Crippen LogP contribution in [0.3, 0.4) is 0 Å². The number of aryl methyl sites for hydroxylation is 1. The molecule has 0 radical (unpaired) electrons. The molecule has 1 amide bonds. The van der Waals surface area contributed by atoms with Crippen molar-refractivity contribution in [2.75, 3.05) is 37.8 Å². The monoisotopic (exact) mass is 391 g/mol. The number of benzene rings is 1. The summed E-state index contributed by atoms with van der Waals surface area (Å²) in [5, 5.41) is 5.98. The highest BCUT2D eigenvalue weighted by Crippen LogP contribution is 2.21. The maximum atomic E-state index is 12.2. The van der Waals surface area contributed by atoms with Gasteiger partial charge in [0.1, 0.15) is 0 Å². The van der Waals surface area contributed by atoms with Gasteiger partial charge in [-0.2, -0.15) is 0 Å². The van der Waals surface area contributed by atoms with E-state index in [0.29, 0.717) is 11.5 Å². The lowest BCUT2D eigenvalue weighted by Crippen LogP contribution is -2.17. The molecular formula is C17H22BrN5O. The van der Waals surface area contributed by atoms with Gasteiger partial charge in [0.15, 0.2) is 0 Å². The molecule has 2 rings (SSSR count). The van der Waals surface area contributed by atoms with Gasteiger partial charge in [-0.1, -0.05) is 22.0 Å². The van der Waals surface area contributed by atoms with Crippen LogP contribution >= 0.6 is 15.9 Å². The third-order valence-corrected chi connectivity index (χ3v) is 4.26. The fourth-order valence-corrected chi connectivity index (χ4v) is 2.38. The Labute approximate surface area is 150 Å². The first-order valence-corrected chi connectivity index (χ1v) is 8.53. The Morgan fingerprint density at radius 2 is 1.96 bits per heavy atom. The lowest BCUT2D eigenvalue weighted by atomic mass is 10.2. The van der Waals surface area contributed by atoms with E-state index in [1.54, 1.807) is 0 Å². The lowest BCUT2D eigenvalue weighted by molar-refractivity contribution is 0.102. The zero-order valence-electron chi connectivity index (χ0n) is 14.1. The maximum absolute atomic E-state index is 12.2. The molecule has 0 atom stereocenters. The van der Waals surface area contributed by atoms with Crippen LogP contribution in [0.15, 0.2) is 35.1 Å². The minimum atomic E-state index is -0.232. The largest absolute Gasteiger partial charge is 0.354 e. The van der Waals surface area contributed by atoms with Gasteiger partial charge in [0.25, 0.3) is 5.91 Å². The van der Waals surface area contributed by atoms with Gasteiger partial charge in [-0.25, -0.2) is 9.97 Å². The summed E-state index contributed by atoms with van der Waals surface area (Å²) in [4.78, 5) is 22.7. The number of carbonyl (C=O) groups is 1. The van der Waals surface area contributed by atoms with Crippen LogP contribution in [0.1, 0.15) is 22.3 Å². The van der Waals surface area contributed by atoms with Gasteiger partial charge >= 0.3 is 0 Å². The van der Waals surface area contributed by atoms with Gasteiger partial charge in [-0.15, -0.1) is 0 Å². The number of nitrogens with one attached hydrogen (secondary N) is 2. The number of hydrogen-bond acceptors (Lipinski definition) is 5. The Morgan fingerprint density at radius 3 is 2.58 bits per heavy atom. The van der Waals surface area contributed by atoms with Crippen LogP contribution in [-0.2, 0) is 0 Å². The van der Waals surface area contributed by atoms with Crippen LogP contribution in [0.4, 0.5) is 11.6 Å². The van der Waals surface area contributed by atoms with Crippen molar-refractivity contribution in [3.8, 4) is 0 Å². The van der Waals surface area contributed by atoms with Crippen molar-refractivity contribution in [1.29, 1.82) is 0 Å². The van der Waals surface area contributed by atoms with Crippen molar-refractivity contribution in [2.45, 2.75) is 13.3 Å². The summed E-state index contributed by atoms with van der Waals surface area (Å²) in [6.07, 6.45) is 4.06. The van der Waals surface area contributed by atoms with E-state index in [1.807, 2.05) is 39.2 Å². The summed E-state index contributed by atoms with van der Waals surface area (Å²) < 4.78 is 0.953. The second-order valence-corrected chi connectivity index (χ2v) is 6.65. The van der Waals surface area contributed by atoms with Crippen LogP contribution in [0.2, 0.25) is 0 Å². The molecule has 128 valence electrons. The number of amides is 1. The zero-order valence-corrected chi connectivity index (χ0v) is 15.7. The molecule has 0 unspecified atom stereocenters. The fourth-order valence-electron chi connectivity index (χ4n) is 2.01. The number of nitrogens with zero attached hydrogens (tertiary/aromatic N) is 3. The number of rotatable bonds is 7. The first-order valence-electron chi connectivity index (χ1n) is 7.74. The highest BCUT2D eigenvalue weighted by atomic mass is 79.9. The molecule has 1 heterocycles. The highest BCUT2D eigenvalue weighted by molar-refractivity contribution is 9.10. The van der Waals surface area contributed by atoms with E-state index in [1.165, 1.54) is 12.4 Å². The summed E-state index contributed by atoms with van der Waals surface area (Å²) in [6, 6.07) is 5.67. The van der Waals surface area contributed by atoms with Crippen LogP contribution in [0, 0.1) is 6.92 Å². The predicted octanol–water partition coefficient (Wildman–Crippen LogP) is 3.16. The Morgan fingerprint density at radius 1 is 1.25 bits per heavy atom. The van der Waals surface area contributed by atoms with Gasteiger partial charge in [0, 0.05) is 29.1 Å². The van der Waals surface area contributed by atoms with E-state index in [2.05, 4.69) is 41.4 Å². The molecule has 0 spiro atoms. The quantitative estimate of drug-likeness (QED) is 0.709. The number of hydrogen-bond donors (Lipinski definition) is 2. The van der Waals surface area contributed by atoms with Crippen LogP contribution in [0.5, 0.6) is 0 Å². The van der Waals surface area contributed by atoms with E-state index < -0.39 is 0 Å². The van der Waals surface area contributed by atoms with Gasteiger partial charge in [0.2, 0.25) is 5.95 Å². The van der Waals surface area contributed by atoms with Crippen molar-refractivity contribution >= 4 is 33.5 Å². The average Bonchev–Trinajstić information content (AvgIpc) is 2.55. The number of carbonyl (C=O) groups excluding carboxylic acids is 1. The summed E-state index contributed by atoms with van der Waals surface area (Å²) >= 11 is 3.45. The Hall–Kier alpha value is -1.99. The topological polar surface area (TPSA) is 70.2 Å². The van der Waals surface area contributed by atoms with Crippen LogP contribution in [-0.4, -0.2) is 48.0 Å². The van der Waals surface area contributed by atoms with Crippen molar-refractivity contribution in [1.82, 2.24) is 14.9 Å². The molecule has 1 aromatic heterocycles. The standard InChI is InChI=1S/C17H22BrN5O/c1-12-5-6-14(9-15(12)18)22-16(24)13-10-20-17(21-11-13)19-7-4-8-23(2)3/h5-6,9-11H,4,7-8H2,1-3H3,(H,22,24)(H,19,20,21). The average molecular weight is 392 g/mol. The molecule has 0 aliphatic rings. The summed E-state index contributed by atoms with van der Waals surface area (Å²) in [6.45, 7) is 3.79. The molecule has 0 fully saturated rings. The SMILES string of the molecule is Cc1ccc(NC(=O)c2cnc(NCCCN(C)C)nc2)cc1Br. The minimum Gasteiger partial charge on any atom is -0.354 e. The molecular weight excluding hydrogens is 370 g/mol. The predicted molar refractivity (Wildman–Crippen MR) is 101 cm³/mol.